The summed E-state index contributed by atoms with van der Waals surface area (Å²) in [5.74, 6) is 0.439. The first-order valence-electron chi connectivity index (χ1n) is 3.66. The topological polar surface area (TPSA) is 60.0 Å². The molecule has 0 fully saturated rings. The molecule has 0 radical (unpaired) electrons. The minimum atomic E-state index is 0. The number of hydrogen-bond donors (Lipinski definition) is 0. The molecule has 0 atom stereocenters. The summed E-state index contributed by atoms with van der Waals surface area (Å²) in [6.45, 7) is 4.20. The van der Waals surface area contributed by atoms with Gasteiger partial charge >= 0.3 is 73.5 Å². The standard InChI is InChI=1S/C9H10BCl.2H2O/c1-6(2)8-5-7(11)3-4-9(8)10;;/h3-6H,1-2H3;2*1H2/q+2;;/p-2. The zero-order valence-corrected chi connectivity index (χ0v) is 8.42. The largest absolute Gasteiger partial charge is 0.870 e. The van der Waals surface area contributed by atoms with Gasteiger partial charge in [0.2, 0.25) is 0 Å². The van der Waals surface area contributed by atoms with Gasteiger partial charge in [-0.1, -0.05) is 0 Å². The van der Waals surface area contributed by atoms with Crippen LogP contribution in [0, 0.1) is 0 Å². The van der Waals surface area contributed by atoms with Gasteiger partial charge in [-0.15, -0.1) is 0 Å². The molecule has 1 aromatic carbocycles. The molecule has 13 heavy (non-hydrogen) atoms. The SMILES string of the molecule is [B+2]c1ccc(Cl)cc1C(C)C.[OH-].[OH-]. The minimum Gasteiger partial charge on any atom is -0.870 e. The molecule has 2 nitrogen and oxygen atoms in total. The molecule has 0 unspecified atom stereocenters. The van der Waals surface area contributed by atoms with Crippen LogP contribution in [0.2, 0.25) is 5.02 Å². The predicted molar refractivity (Wildman–Crippen MR) is 54.8 cm³/mol. The number of halogens is 1. The molecule has 0 amide bonds. The fourth-order valence-electron chi connectivity index (χ4n) is 1.05. The summed E-state index contributed by atoms with van der Waals surface area (Å²) in [6.07, 6.45) is 0. The van der Waals surface area contributed by atoms with Gasteiger partial charge in [0.1, 0.15) is 0 Å². The van der Waals surface area contributed by atoms with Crippen LogP contribution < -0.4 is 5.46 Å². The van der Waals surface area contributed by atoms with Crippen LogP contribution in [0.1, 0.15) is 25.3 Å². The van der Waals surface area contributed by atoms with Gasteiger partial charge in [-0.3, -0.25) is 0 Å². The minimum absolute atomic E-state index is 0. The van der Waals surface area contributed by atoms with Crippen molar-refractivity contribution >= 4 is 24.9 Å². The van der Waals surface area contributed by atoms with Crippen molar-refractivity contribution in [2.75, 3.05) is 0 Å². The number of rotatable bonds is 1. The quantitative estimate of drug-likeness (QED) is 0.647. The summed E-state index contributed by atoms with van der Waals surface area (Å²) in [5, 5.41) is 0.753. The van der Waals surface area contributed by atoms with E-state index in [0.29, 0.717) is 5.92 Å². The molecular weight excluding hydrogens is 186 g/mol. The van der Waals surface area contributed by atoms with Crippen molar-refractivity contribution in [3.63, 3.8) is 0 Å². The summed E-state index contributed by atoms with van der Waals surface area (Å²) in [7, 11) is 5.73. The van der Waals surface area contributed by atoms with Crippen molar-refractivity contribution in [1.29, 1.82) is 0 Å². The second-order valence-electron chi connectivity index (χ2n) is 2.93. The van der Waals surface area contributed by atoms with Crippen LogP contribution in [0.15, 0.2) is 18.2 Å². The molecule has 0 aromatic heterocycles. The van der Waals surface area contributed by atoms with Gasteiger partial charge in [0, 0.05) is 0 Å². The van der Waals surface area contributed by atoms with Crippen LogP contribution in [0.3, 0.4) is 0 Å². The van der Waals surface area contributed by atoms with E-state index in [9.17, 15) is 0 Å². The van der Waals surface area contributed by atoms with E-state index in [2.05, 4.69) is 13.8 Å². The number of hydrogen-bond acceptors (Lipinski definition) is 2. The Morgan fingerprint density at radius 1 is 1.23 bits per heavy atom. The van der Waals surface area contributed by atoms with Crippen LogP contribution in [-0.2, 0) is 0 Å². The molecule has 70 valence electrons. The van der Waals surface area contributed by atoms with E-state index in [-0.39, 0.29) is 11.0 Å². The van der Waals surface area contributed by atoms with Crippen molar-refractivity contribution < 1.29 is 11.0 Å². The fourth-order valence-corrected chi connectivity index (χ4v) is 1.23. The maximum atomic E-state index is 5.81. The Morgan fingerprint density at radius 3 is 2.15 bits per heavy atom. The van der Waals surface area contributed by atoms with Gasteiger partial charge in [0.25, 0.3) is 0 Å². The van der Waals surface area contributed by atoms with Gasteiger partial charge in [-0.05, 0) is 0 Å². The molecule has 2 N–H and O–H groups in total. The van der Waals surface area contributed by atoms with E-state index in [0.717, 1.165) is 16.0 Å². The molecule has 0 aliphatic rings. The smallest absolute Gasteiger partial charge is 0.870 e. The van der Waals surface area contributed by atoms with Crippen molar-refractivity contribution in [2.24, 2.45) is 0 Å². The molecule has 0 saturated carbocycles. The summed E-state index contributed by atoms with van der Waals surface area (Å²) < 4.78 is 0. The van der Waals surface area contributed by atoms with Gasteiger partial charge in [-0.25, -0.2) is 0 Å². The molecule has 0 heterocycles. The van der Waals surface area contributed by atoms with Crippen molar-refractivity contribution in [3.05, 3.63) is 28.8 Å². The Balaban J connectivity index is 0. The third kappa shape index (κ3) is 3.81. The van der Waals surface area contributed by atoms with E-state index < -0.39 is 0 Å². The van der Waals surface area contributed by atoms with Gasteiger partial charge in [-0.2, -0.15) is 0 Å². The van der Waals surface area contributed by atoms with Gasteiger partial charge in [0.15, 0.2) is 0 Å². The second kappa shape index (κ2) is 6.03. The first-order valence-corrected chi connectivity index (χ1v) is 4.04. The molecule has 1 aromatic rings. The van der Waals surface area contributed by atoms with Crippen LogP contribution in [-0.4, -0.2) is 18.8 Å². The maximum absolute atomic E-state index is 5.81. The normalized spacial score (nSPS) is 9.08. The third-order valence-corrected chi connectivity index (χ3v) is 1.91. The first kappa shape index (κ1) is 15.0. The van der Waals surface area contributed by atoms with Crippen molar-refractivity contribution in [1.82, 2.24) is 0 Å². The monoisotopic (exact) mass is 198 g/mol. The summed E-state index contributed by atoms with van der Waals surface area (Å²) >= 11 is 5.81. The van der Waals surface area contributed by atoms with Crippen LogP contribution in [0.25, 0.3) is 0 Å². The van der Waals surface area contributed by atoms with E-state index in [1.807, 2.05) is 18.2 Å². The molecule has 0 aliphatic heterocycles. The summed E-state index contributed by atoms with van der Waals surface area (Å²) in [4.78, 5) is 0. The van der Waals surface area contributed by atoms with E-state index in [4.69, 9.17) is 19.4 Å². The molecule has 1 rings (SSSR count). The fraction of sp³-hybridized carbons (Fsp3) is 0.333. The van der Waals surface area contributed by atoms with Crippen LogP contribution >= 0.6 is 11.6 Å². The molecule has 4 heteroatoms. The second-order valence-corrected chi connectivity index (χ2v) is 3.36. The molecule has 0 spiro atoms. The Kier molecular flexibility index (Phi) is 6.95. The summed E-state index contributed by atoms with van der Waals surface area (Å²) in [6, 6.07) is 5.57. The van der Waals surface area contributed by atoms with Crippen molar-refractivity contribution in [3.8, 4) is 0 Å². The molecule has 0 bridgehead atoms. The molecular formula is C9H12BClO2. The Labute approximate surface area is 84.9 Å². The van der Waals surface area contributed by atoms with Gasteiger partial charge in [0.05, 0.1) is 0 Å². The Bertz CT molecular complexity index is 264. The third-order valence-electron chi connectivity index (χ3n) is 1.67. The molecule has 0 saturated heterocycles. The average Bonchev–Trinajstić information content (AvgIpc) is 1.94. The molecule has 0 aliphatic carbocycles. The zero-order chi connectivity index (χ0) is 8.43. The average molecular weight is 198 g/mol. The van der Waals surface area contributed by atoms with E-state index in [1.165, 1.54) is 0 Å². The first-order chi connectivity index (χ1) is 5.11. The summed E-state index contributed by atoms with van der Waals surface area (Å²) in [5.41, 5.74) is 1.95. The zero-order valence-electron chi connectivity index (χ0n) is 7.66. The van der Waals surface area contributed by atoms with Gasteiger partial charge < -0.3 is 11.0 Å². The van der Waals surface area contributed by atoms with Crippen LogP contribution in [0.5, 0.6) is 0 Å². The van der Waals surface area contributed by atoms with Crippen LogP contribution in [0.4, 0.5) is 0 Å². The Morgan fingerprint density at radius 2 is 1.77 bits per heavy atom. The van der Waals surface area contributed by atoms with E-state index in [1.54, 1.807) is 0 Å². The van der Waals surface area contributed by atoms with Crippen molar-refractivity contribution in [2.45, 2.75) is 19.8 Å². The van der Waals surface area contributed by atoms with E-state index >= 15 is 0 Å². The Hall–Kier alpha value is -0.505. The predicted octanol–water partition coefficient (Wildman–Crippen LogP) is 1.90. The maximum Gasteiger partial charge on any atom is -0.870 e. The number of benzene rings is 1.